The molecular formula is C29H36N4O4P+. The number of phosphoric ester groups is 1. The van der Waals surface area contributed by atoms with Crippen molar-refractivity contribution < 1.29 is 23.4 Å². The zero-order valence-corrected chi connectivity index (χ0v) is 22.8. The summed E-state index contributed by atoms with van der Waals surface area (Å²) in [6.07, 6.45) is 16.9. The SMILES string of the molecule is C[C@]12CC[C@H]([n+]3cc[nH]c3)CC1=C(OP(=O)(O)O)CC1C2CC[C@]2(C)C(n3cnc4ccccc43)=CCC12. The Bertz CT molecular complexity index is 1500. The third kappa shape index (κ3) is 3.60. The van der Waals surface area contributed by atoms with Crippen LogP contribution in [0.15, 0.2) is 66.7 Å². The Morgan fingerprint density at radius 1 is 1.13 bits per heavy atom. The lowest BCUT2D eigenvalue weighted by Gasteiger charge is -2.58. The average Bonchev–Trinajstić information content (AvgIpc) is 3.61. The van der Waals surface area contributed by atoms with E-state index in [9.17, 15) is 14.4 Å². The van der Waals surface area contributed by atoms with Crippen LogP contribution in [0.1, 0.15) is 64.8 Å². The molecule has 2 saturated carbocycles. The molecule has 3 N–H and O–H groups in total. The molecule has 3 aromatic rings. The number of rotatable bonds is 4. The molecule has 4 aliphatic carbocycles. The van der Waals surface area contributed by atoms with Crippen LogP contribution in [0.2, 0.25) is 0 Å². The van der Waals surface area contributed by atoms with Crippen LogP contribution >= 0.6 is 7.82 Å². The van der Waals surface area contributed by atoms with Gasteiger partial charge in [-0.15, -0.1) is 0 Å². The molecule has 2 aromatic heterocycles. The predicted molar refractivity (Wildman–Crippen MR) is 143 cm³/mol. The van der Waals surface area contributed by atoms with Crippen LogP contribution in [0, 0.1) is 28.6 Å². The number of hydrogen-bond acceptors (Lipinski definition) is 3. The van der Waals surface area contributed by atoms with Crippen molar-refractivity contribution in [2.45, 2.75) is 64.8 Å². The lowest BCUT2D eigenvalue weighted by molar-refractivity contribution is -0.723. The van der Waals surface area contributed by atoms with Gasteiger partial charge >= 0.3 is 7.82 Å². The zero-order chi connectivity index (χ0) is 26.3. The summed E-state index contributed by atoms with van der Waals surface area (Å²) in [4.78, 5) is 27.6. The van der Waals surface area contributed by atoms with Gasteiger partial charge in [0.15, 0.2) is 0 Å². The summed E-state index contributed by atoms with van der Waals surface area (Å²) in [5.41, 5.74) is 4.44. The minimum Gasteiger partial charge on any atom is -0.409 e. The second-order valence-corrected chi connectivity index (χ2v) is 13.5. The summed E-state index contributed by atoms with van der Waals surface area (Å²) in [6.45, 7) is 4.74. The molecule has 0 aliphatic heterocycles. The first-order chi connectivity index (χ1) is 18.2. The maximum Gasteiger partial charge on any atom is 0.524 e. The van der Waals surface area contributed by atoms with Crippen LogP contribution in [0.4, 0.5) is 0 Å². The van der Waals surface area contributed by atoms with Gasteiger partial charge in [-0.25, -0.2) is 14.1 Å². The third-order valence-electron chi connectivity index (χ3n) is 10.6. The van der Waals surface area contributed by atoms with Crippen molar-refractivity contribution >= 4 is 24.6 Å². The maximum atomic E-state index is 12.2. The topological polar surface area (TPSA) is 104 Å². The number of allylic oxidation sites excluding steroid dienone is 4. The van der Waals surface area contributed by atoms with Crippen molar-refractivity contribution in [3.63, 3.8) is 0 Å². The molecule has 0 amide bonds. The Morgan fingerprint density at radius 2 is 1.95 bits per heavy atom. The molecule has 4 aliphatic rings. The molecule has 0 radical (unpaired) electrons. The Labute approximate surface area is 222 Å². The average molecular weight is 536 g/mol. The summed E-state index contributed by atoms with van der Waals surface area (Å²) in [5.74, 6) is 1.73. The normalized spacial score (nSPS) is 35.0. The zero-order valence-electron chi connectivity index (χ0n) is 22.0. The summed E-state index contributed by atoms with van der Waals surface area (Å²) < 4.78 is 22.2. The number of hydrogen-bond donors (Lipinski definition) is 3. The maximum absolute atomic E-state index is 12.2. The molecule has 38 heavy (non-hydrogen) atoms. The number of aromatic nitrogens is 4. The summed E-state index contributed by atoms with van der Waals surface area (Å²) in [7, 11) is -4.67. The number of nitrogens with one attached hydrogen (secondary N) is 1. The molecule has 9 heteroatoms. The number of aromatic amines is 1. The minimum absolute atomic E-state index is 0.0239. The molecule has 8 nitrogen and oxygen atoms in total. The number of imidazole rings is 2. The molecule has 200 valence electrons. The lowest BCUT2D eigenvalue weighted by Crippen LogP contribution is -2.52. The Hall–Kier alpha value is -2.67. The van der Waals surface area contributed by atoms with E-state index in [1.807, 2.05) is 31.1 Å². The number of benzene rings is 1. The van der Waals surface area contributed by atoms with Crippen LogP contribution in [0.5, 0.6) is 0 Å². The lowest BCUT2D eigenvalue weighted by atomic mass is 9.47. The van der Waals surface area contributed by atoms with Gasteiger partial charge in [0.1, 0.15) is 30.5 Å². The standard InChI is InChI=1S/C29H35N4O4P/c1-28-11-9-19(32-14-13-30-17-32)15-23(28)26(37-38(34,35)36)16-20-21-7-8-27(29(21,2)12-10-22(20)28)33-18-31-24-5-3-4-6-25(24)33/h3-6,8,13-14,17-22H,7,9-12,15-16H2,1-2H3,(H2,34,35,36)/p+1/t19-,20?,21?,22?,28+,29-/m0/s1. The van der Waals surface area contributed by atoms with Gasteiger partial charge < -0.3 is 9.09 Å². The first-order valence-electron chi connectivity index (χ1n) is 13.8. The molecule has 3 unspecified atom stereocenters. The second-order valence-electron chi connectivity index (χ2n) is 12.3. The van der Waals surface area contributed by atoms with Crippen LogP contribution < -0.4 is 4.57 Å². The highest BCUT2D eigenvalue weighted by atomic mass is 31.2. The number of fused-ring (bicyclic) bond motifs is 6. The monoisotopic (exact) mass is 535 g/mol. The number of nitrogens with zero attached hydrogens (tertiary/aromatic N) is 3. The molecule has 7 rings (SSSR count). The van der Waals surface area contributed by atoms with Crippen molar-refractivity contribution in [3.05, 3.63) is 66.7 Å². The molecular weight excluding hydrogens is 499 g/mol. The van der Waals surface area contributed by atoms with Gasteiger partial charge in [0, 0.05) is 24.0 Å². The van der Waals surface area contributed by atoms with E-state index in [0.29, 0.717) is 29.9 Å². The van der Waals surface area contributed by atoms with Gasteiger partial charge in [0.05, 0.1) is 11.0 Å². The van der Waals surface area contributed by atoms with Crippen LogP contribution in [0.25, 0.3) is 16.7 Å². The first kappa shape index (κ1) is 24.4. The highest BCUT2D eigenvalue weighted by molar-refractivity contribution is 7.46. The van der Waals surface area contributed by atoms with Crippen molar-refractivity contribution in [1.29, 1.82) is 0 Å². The van der Waals surface area contributed by atoms with Gasteiger partial charge in [-0.05, 0) is 73.0 Å². The molecule has 2 fully saturated rings. The van der Waals surface area contributed by atoms with E-state index < -0.39 is 7.82 Å². The van der Waals surface area contributed by atoms with Crippen LogP contribution in [-0.4, -0.2) is 24.3 Å². The van der Waals surface area contributed by atoms with E-state index in [1.165, 1.54) is 5.70 Å². The number of H-pyrrole nitrogens is 1. The van der Waals surface area contributed by atoms with Gasteiger partial charge in [0.2, 0.25) is 6.33 Å². The van der Waals surface area contributed by atoms with E-state index in [2.05, 4.69) is 57.2 Å². The highest BCUT2D eigenvalue weighted by Gasteiger charge is 2.59. The fourth-order valence-corrected chi connectivity index (χ4v) is 9.29. The van der Waals surface area contributed by atoms with Crippen molar-refractivity contribution in [1.82, 2.24) is 14.5 Å². The van der Waals surface area contributed by atoms with Crippen molar-refractivity contribution in [2.24, 2.45) is 28.6 Å². The van der Waals surface area contributed by atoms with E-state index in [-0.39, 0.29) is 16.9 Å². The molecule has 0 spiro atoms. The Morgan fingerprint density at radius 3 is 2.74 bits per heavy atom. The van der Waals surface area contributed by atoms with Crippen LogP contribution in [-0.2, 0) is 9.09 Å². The largest absolute Gasteiger partial charge is 0.524 e. The highest BCUT2D eigenvalue weighted by Crippen LogP contribution is 2.68. The van der Waals surface area contributed by atoms with Gasteiger partial charge in [-0.3, -0.25) is 14.8 Å². The first-order valence-corrected chi connectivity index (χ1v) is 15.3. The quantitative estimate of drug-likeness (QED) is 0.292. The molecule has 6 atom stereocenters. The van der Waals surface area contributed by atoms with Crippen molar-refractivity contribution in [3.8, 4) is 0 Å². The smallest absolute Gasteiger partial charge is 0.409 e. The van der Waals surface area contributed by atoms with Crippen molar-refractivity contribution in [2.75, 3.05) is 0 Å². The predicted octanol–water partition coefficient (Wildman–Crippen LogP) is 5.74. The molecule has 1 aromatic carbocycles. The number of para-hydroxylation sites is 2. The molecule has 0 bridgehead atoms. The van der Waals surface area contributed by atoms with Gasteiger partial charge in [-0.2, -0.15) is 0 Å². The van der Waals surface area contributed by atoms with Gasteiger partial charge in [0.25, 0.3) is 0 Å². The third-order valence-corrected chi connectivity index (χ3v) is 11.1. The Balaban J connectivity index is 1.27. The molecule has 2 heterocycles. The summed E-state index contributed by atoms with van der Waals surface area (Å²) >= 11 is 0. The molecule has 0 saturated heterocycles. The van der Waals surface area contributed by atoms with E-state index >= 15 is 0 Å². The van der Waals surface area contributed by atoms with E-state index in [4.69, 9.17) is 4.52 Å². The van der Waals surface area contributed by atoms with E-state index in [1.54, 1.807) is 0 Å². The van der Waals surface area contributed by atoms with E-state index in [0.717, 1.165) is 55.1 Å². The fraction of sp³-hybridized carbons (Fsp3) is 0.517. The Kier molecular flexibility index (Phi) is 5.40. The summed E-state index contributed by atoms with van der Waals surface area (Å²) in [5, 5.41) is 0. The second kappa shape index (κ2) is 8.41. The fourth-order valence-electron chi connectivity index (χ4n) is 8.82. The summed E-state index contributed by atoms with van der Waals surface area (Å²) in [6, 6.07) is 8.54. The minimum atomic E-state index is -4.67. The number of phosphoric acid groups is 1. The van der Waals surface area contributed by atoms with Crippen LogP contribution in [0.3, 0.4) is 0 Å². The van der Waals surface area contributed by atoms with Gasteiger partial charge in [-0.1, -0.05) is 32.1 Å².